The lowest BCUT2D eigenvalue weighted by atomic mass is 10.0. The molecular weight excluding hydrogens is 340 g/mol. The van der Waals surface area contributed by atoms with Crippen molar-refractivity contribution in [1.82, 2.24) is 0 Å². The first kappa shape index (κ1) is 15.1. The van der Waals surface area contributed by atoms with Gasteiger partial charge in [-0.1, -0.05) is 33.6 Å². The Morgan fingerprint density at radius 2 is 1.95 bits per heavy atom. The van der Waals surface area contributed by atoms with Crippen LogP contribution in [0, 0.1) is 6.92 Å². The van der Waals surface area contributed by atoms with Gasteiger partial charge in [0.05, 0.1) is 17.2 Å². The van der Waals surface area contributed by atoms with E-state index in [-0.39, 0.29) is 5.78 Å². The van der Waals surface area contributed by atoms with Crippen LogP contribution < -0.4 is 4.74 Å². The smallest absolute Gasteiger partial charge is 0.198 e. The van der Waals surface area contributed by atoms with Crippen LogP contribution in [0.15, 0.2) is 40.9 Å². The van der Waals surface area contributed by atoms with Gasteiger partial charge in [-0.05, 0) is 49.7 Å². The third-order valence-corrected chi connectivity index (χ3v) is 3.66. The topological polar surface area (TPSA) is 26.3 Å². The maximum absolute atomic E-state index is 12.6. The molecule has 0 heterocycles. The summed E-state index contributed by atoms with van der Waals surface area (Å²) in [6.45, 7) is 4.32. The summed E-state index contributed by atoms with van der Waals surface area (Å²) in [6, 6.07) is 10.8. The number of hydrogen-bond donors (Lipinski definition) is 0. The number of benzene rings is 2. The molecule has 2 aromatic carbocycles. The molecular formula is C16H14BrClO2. The summed E-state index contributed by atoms with van der Waals surface area (Å²) in [4.78, 5) is 12.6. The normalized spacial score (nSPS) is 10.4. The molecule has 0 aliphatic carbocycles. The van der Waals surface area contributed by atoms with Crippen LogP contribution >= 0.6 is 27.5 Å². The second kappa shape index (κ2) is 6.42. The van der Waals surface area contributed by atoms with Gasteiger partial charge in [-0.15, -0.1) is 0 Å². The van der Waals surface area contributed by atoms with Crippen LogP contribution in [0.1, 0.15) is 28.4 Å². The monoisotopic (exact) mass is 352 g/mol. The van der Waals surface area contributed by atoms with Crippen LogP contribution in [0.5, 0.6) is 5.75 Å². The molecule has 2 rings (SSSR count). The lowest BCUT2D eigenvalue weighted by Crippen LogP contribution is -2.06. The highest BCUT2D eigenvalue weighted by Gasteiger charge is 2.17. The van der Waals surface area contributed by atoms with Crippen molar-refractivity contribution >= 4 is 33.3 Å². The van der Waals surface area contributed by atoms with E-state index in [1.54, 1.807) is 24.3 Å². The fraction of sp³-hybridized carbons (Fsp3) is 0.188. The van der Waals surface area contributed by atoms with E-state index in [0.29, 0.717) is 28.5 Å². The van der Waals surface area contributed by atoms with Gasteiger partial charge < -0.3 is 4.74 Å². The van der Waals surface area contributed by atoms with Gasteiger partial charge in [0.15, 0.2) is 5.78 Å². The minimum atomic E-state index is -0.139. The molecule has 0 aliphatic rings. The van der Waals surface area contributed by atoms with Gasteiger partial charge >= 0.3 is 0 Å². The van der Waals surface area contributed by atoms with Crippen molar-refractivity contribution in [3.63, 3.8) is 0 Å². The first-order valence-electron chi connectivity index (χ1n) is 6.26. The zero-order valence-electron chi connectivity index (χ0n) is 11.2. The Labute approximate surface area is 131 Å². The molecule has 0 unspecified atom stereocenters. The van der Waals surface area contributed by atoms with Gasteiger partial charge in [0.1, 0.15) is 5.75 Å². The van der Waals surface area contributed by atoms with E-state index >= 15 is 0 Å². The number of hydrogen-bond acceptors (Lipinski definition) is 2. The van der Waals surface area contributed by atoms with E-state index in [9.17, 15) is 4.79 Å². The van der Waals surface area contributed by atoms with E-state index in [0.717, 1.165) is 10.0 Å². The number of carbonyl (C=O) groups excluding carboxylic acids is 1. The van der Waals surface area contributed by atoms with Crippen molar-refractivity contribution in [3.8, 4) is 5.75 Å². The SMILES string of the molecule is CCOc1ccc(Br)cc1C(=O)c1ccc(C)cc1Cl. The predicted molar refractivity (Wildman–Crippen MR) is 84.9 cm³/mol. The lowest BCUT2D eigenvalue weighted by Gasteiger charge is -2.11. The molecule has 0 amide bonds. The van der Waals surface area contributed by atoms with Gasteiger partial charge in [-0.25, -0.2) is 0 Å². The van der Waals surface area contributed by atoms with Gasteiger partial charge in [-0.2, -0.15) is 0 Å². The summed E-state index contributed by atoms with van der Waals surface area (Å²) < 4.78 is 6.34. The fourth-order valence-electron chi connectivity index (χ4n) is 1.91. The number of carbonyl (C=O) groups is 1. The summed E-state index contributed by atoms with van der Waals surface area (Å²) in [7, 11) is 0. The van der Waals surface area contributed by atoms with Crippen molar-refractivity contribution in [1.29, 1.82) is 0 Å². The number of aryl methyl sites for hydroxylation is 1. The van der Waals surface area contributed by atoms with Crippen molar-refractivity contribution in [2.75, 3.05) is 6.61 Å². The van der Waals surface area contributed by atoms with Crippen LogP contribution in [0.25, 0.3) is 0 Å². The highest BCUT2D eigenvalue weighted by molar-refractivity contribution is 9.10. The molecule has 0 aromatic heterocycles. The molecule has 0 spiro atoms. The highest BCUT2D eigenvalue weighted by Crippen LogP contribution is 2.28. The minimum Gasteiger partial charge on any atom is -0.493 e. The highest BCUT2D eigenvalue weighted by atomic mass is 79.9. The molecule has 0 saturated carbocycles. The number of rotatable bonds is 4. The van der Waals surface area contributed by atoms with Crippen LogP contribution in [0.4, 0.5) is 0 Å². The summed E-state index contributed by atoms with van der Waals surface area (Å²) in [5, 5.41) is 0.456. The van der Waals surface area contributed by atoms with Gasteiger partial charge in [0, 0.05) is 10.0 Å². The average molecular weight is 354 g/mol. The van der Waals surface area contributed by atoms with Crippen LogP contribution in [-0.2, 0) is 0 Å². The Bertz CT molecular complexity index is 653. The molecule has 0 bridgehead atoms. The average Bonchev–Trinajstić information content (AvgIpc) is 2.40. The van der Waals surface area contributed by atoms with Crippen molar-refractivity contribution < 1.29 is 9.53 Å². The van der Waals surface area contributed by atoms with E-state index < -0.39 is 0 Å². The molecule has 2 nitrogen and oxygen atoms in total. The molecule has 0 fully saturated rings. The quantitative estimate of drug-likeness (QED) is 0.720. The van der Waals surface area contributed by atoms with Crippen LogP contribution in [0.2, 0.25) is 5.02 Å². The molecule has 0 atom stereocenters. The second-order valence-corrected chi connectivity index (χ2v) is 5.71. The first-order valence-corrected chi connectivity index (χ1v) is 7.43. The molecule has 0 radical (unpaired) electrons. The minimum absolute atomic E-state index is 0.139. The Hall–Kier alpha value is -1.32. The summed E-state index contributed by atoms with van der Waals surface area (Å²) in [6.07, 6.45) is 0. The van der Waals surface area contributed by atoms with Gasteiger partial charge in [0.2, 0.25) is 0 Å². The lowest BCUT2D eigenvalue weighted by molar-refractivity contribution is 0.103. The first-order chi connectivity index (χ1) is 9.52. The van der Waals surface area contributed by atoms with E-state index in [2.05, 4.69) is 15.9 Å². The maximum atomic E-state index is 12.6. The number of halogens is 2. The van der Waals surface area contributed by atoms with Crippen LogP contribution in [-0.4, -0.2) is 12.4 Å². The zero-order chi connectivity index (χ0) is 14.7. The molecule has 2 aromatic rings. The summed E-state index contributed by atoms with van der Waals surface area (Å²) >= 11 is 9.55. The molecule has 104 valence electrons. The van der Waals surface area contributed by atoms with Gasteiger partial charge in [-0.3, -0.25) is 4.79 Å². The molecule has 4 heteroatoms. The van der Waals surface area contributed by atoms with E-state index in [1.807, 2.05) is 26.0 Å². The Balaban J connectivity index is 2.49. The summed E-state index contributed by atoms with van der Waals surface area (Å²) in [5.41, 5.74) is 2.01. The third kappa shape index (κ3) is 3.22. The molecule has 0 aliphatic heterocycles. The fourth-order valence-corrected chi connectivity index (χ4v) is 2.59. The predicted octanol–water partition coefficient (Wildman–Crippen LogP) is 5.04. The summed E-state index contributed by atoms with van der Waals surface area (Å²) in [5.74, 6) is 0.428. The second-order valence-electron chi connectivity index (χ2n) is 4.39. The van der Waals surface area contributed by atoms with E-state index in [4.69, 9.17) is 16.3 Å². The standard InChI is InChI=1S/C16H14BrClO2/c1-3-20-15-7-5-11(17)9-13(15)16(19)12-6-4-10(2)8-14(12)18/h4-9H,3H2,1-2H3. The third-order valence-electron chi connectivity index (χ3n) is 2.86. The Kier molecular flexibility index (Phi) is 4.84. The number of ketones is 1. The van der Waals surface area contributed by atoms with Crippen molar-refractivity contribution in [2.45, 2.75) is 13.8 Å². The van der Waals surface area contributed by atoms with Crippen LogP contribution in [0.3, 0.4) is 0 Å². The zero-order valence-corrected chi connectivity index (χ0v) is 13.6. The van der Waals surface area contributed by atoms with Crippen molar-refractivity contribution in [3.05, 3.63) is 62.6 Å². The Morgan fingerprint density at radius 3 is 2.60 bits per heavy atom. The van der Waals surface area contributed by atoms with Gasteiger partial charge in [0.25, 0.3) is 0 Å². The largest absolute Gasteiger partial charge is 0.493 e. The molecule has 20 heavy (non-hydrogen) atoms. The van der Waals surface area contributed by atoms with Crippen molar-refractivity contribution in [2.24, 2.45) is 0 Å². The maximum Gasteiger partial charge on any atom is 0.198 e. The molecule has 0 saturated heterocycles. The van der Waals surface area contributed by atoms with E-state index in [1.165, 1.54) is 0 Å². The number of ether oxygens (including phenoxy) is 1. The molecule has 0 N–H and O–H groups in total. The Morgan fingerprint density at radius 1 is 1.20 bits per heavy atom.